The lowest BCUT2D eigenvalue weighted by molar-refractivity contribution is -0.143. The fourth-order valence-corrected chi connectivity index (χ4v) is 3.53. The van der Waals surface area contributed by atoms with E-state index in [1.54, 1.807) is 13.2 Å². The second-order valence-electron chi connectivity index (χ2n) is 7.33. The Morgan fingerprint density at radius 3 is 2.79 bits per heavy atom. The van der Waals surface area contributed by atoms with Crippen LogP contribution in [0.15, 0.2) is 41.7 Å². The maximum Gasteiger partial charge on any atom is 0.401 e. The van der Waals surface area contributed by atoms with Gasteiger partial charge < -0.3 is 15.2 Å². The number of nitrogens with zero attached hydrogens (tertiary/aromatic N) is 4. The van der Waals surface area contributed by atoms with E-state index in [0.29, 0.717) is 32.0 Å². The third-order valence-electron chi connectivity index (χ3n) is 4.97. The minimum Gasteiger partial charge on any atom is -0.352 e. The second kappa shape index (κ2) is 9.30. The van der Waals surface area contributed by atoms with Crippen molar-refractivity contribution >= 4 is 5.96 Å². The summed E-state index contributed by atoms with van der Waals surface area (Å²) in [5.74, 6) is 1.56. The Labute approximate surface area is 168 Å². The number of aryl methyl sites for hydroxylation is 1. The number of benzene rings is 1. The predicted molar refractivity (Wildman–Crippen MR) is 107 cm³/mol. The van der Waals surface area contributed by atoms with Crippen molar-refractivity contribution in [3.63, 3.8) is 0 Å². The number of imidazole rings is 1. The molecule has 1 unspecified atom stereocenters. The van der Waals surface area contributed by atoms with Crippen LogP contribution >= 0.6 is 0 Å². The lowest BCUT2D eigenvalue weighted by Crippen LogP contribution is -2.44. The zero-order valence-electron chi connectivity index (χ0n) is 16.7. The van der Waals surface area contributed by atoms with Crippen LogP contribution in [0, 0.1) is 6.92 Å². The molecule has 6 nitrogen and oxygen atoms in total. The molecule has 1 atom stereocenters. The normalized spacial score (nSPS) is 18.2. The standard InChI is InChI=1S/C20H27F3N6/c1-15-25-7-9-29(15)12-17-5-3-4-16(10-17)11-26-19(24-2)27-18-6-8-28(13-18)14-20(21,22)23/h3-5,7,9-10,18H,6,8,11-14H2,1-2H3,(H2,24,26,27). The molecule has 1 fully saturated rings. The van der Waals surface area contributed by atoms with E-state index in [1.807, 2.05) is 25.3 Å². The van der Waals surface area contributed by atoms with Gasteiger partial charge >= 0.3 is 6.18 Å². The smallest absolute Gasteiger partial charge is 0.352 e. The Balaban J connectivity index is 1.50. The zero-order valence-corrected chi connectivity index (χ0v) is 16.7. The summed E-state index contributed by atoms with van der Waals surface area (Å²) >= 11 is 0. The van der Waals surface area contributed by atoms with Crippen LogP contribution in [0.5, 0.6) is 0 Å². The van der Waals surface area contributed by atoms with Gasteiger partial charge in [0.1, 0.15) is 5.82 Å². The Morgan fingerprint density at radius 2 is 2.10 bits per heavy atom. The maximum atomic E-state index is 12.5. The number of guanidine groups is 1. The minimum atomic E-state index is -4.16. The van der Waals surface area contributed by atoms with E-state index in [4.69, 9.17) is 0 Å². The van der Waals surface area contributed by atoms with Crippen LogP contribution in [0.1, 0.15) is 23.4 Å². The molecule has 0 amide bonds. The first-order chi connectivity index (χ1) is 13.8. The van der Waals surface area contributed by atoms with Gasteiger partial charge in [-0.2, -0.15) is 13.2 Å². The van der Waals surface area contributed by atoms with Crippen LogP contribution in [0.4, 0.5) is 13.2 Å². The molecule has 0 spiro atoms. The highest BCUT2D eigenvalue weighted by atomic mass is 19.4. The summed E-state index contributed by atoms with van der Waals surface area (Å²) in [6.45, 7) is 3.24. The van der Waals surface area contributed by atoms with Gasteiger partial charge in [-0.1, -0.05) is 24.3 Å². The van der Waals surface area contributed by atoms with E-state index < -0.39 is 12.7 Å². The van der Waals surface area contributed by atoms with E-state index in [0.717, 1.165) is 17.9 Å². The fraction of sp³-hybridized carbons (Fsp3) is 0.500. The molecule has 0 aliphatic carbocycles. The Kier molecular flexibility index (Phi) is 6.79. The number of nitrogens with one attached hydrogen (secondary N) is 2. The molecule has 158 valence electrons. The Morgan fingerprint density at radius 1 is 1.31 bits per heavy atom. The monoisotopic (exact) mass is 408 g/mol. The minimum absolute atomic E-state index is 0.0425. The van der Waals surface area contributed by atoms with Gasteiger partial charge in [-0.25, -0.2) is 4.98 Å². The molecule has 9 heteroatoms. The molecular weight excluding hydrogens is 381 g/mol. The topological polar surface area (TPSA) is 57.5 Å². The zero-order chi connectivity index (χ0) is 20.9. The molecule has 3 rings (SSSR count). The molecule has 0 saturated carbocycles. The van der Waals surface area contributed by atoms with Gasteiger partial charge in [-0.05, 0) is 24.5 Å². The largest absolute Gasteiger partial charge is 0.401 e. The first-order valence-electron chi connectivity index (χ1n) is 9.64. The number of aliphatic imine (C=N–C) groups is 1. The van der Waals surface area contributed by atoms with Crippen LogP contribution in [-0.2, 0) is 13.1 Å². The van der Waals surface area contributed by atoms with Gasteiger partial charge in [0.05, 0.1) is 6.54 Å². The number of aromatic nitrogens is 2. The summed E-state index contributed by atoms with van der Waals surface area (Å²) in [6, 6.07) is 8.20. The van der Waals surface area contributed by atoms with Crippen LogP contribution in [0.25, 0.3) is 0 Å². The lowest BCUT2D eigenvalue weighted by atomic mass is 10.1. The van der Waals surface area contributed by atoms with E-state index in [9.17, 15) is 13.2 Å². The first kappa shape index (κ1) is 21.2. The van der Waals surface area contributed by atoms with Crippen molar-refractivity contribution < 1.29 is 13.2 Å². The average Bonchev–Trinajstić information content (AvgIpc) is 3.26. The fourth-order valence-electron chi connectivity index (χ4n) is 3.53. The summed E-state index contributed by atoms with van der Waals surface area (Å²) < 4.78 is 39.7. The highest BCUT2D eigenvalue weighted by molar-refractivity contribution is 5.80. The number of alkyl halides is 3. The van der Waals surface area contributed by atoms with Crippen molar-refractivity contribution in [3.05, 3.63) is 53.6 Å². The molecule has 1 saturated heterocycles. The van der Waals surface area contributed by atoms with Gasteiger partial charge in [0.25, 0.3) is 0 Å². The molecule has 2 aromatic rings. The second-order valence-corrected chi connectivity index (χ2v) is 7.33. The van der Waals surface area contributed by atoms with Crippen molar-refractivity contribution in [3.8, 4) is 0 Å². The van der Waals surface area contributed by atoms with Gasteiger partial charge in [-0.3, -0.25) is 9.89 Å². The summed E-state index contributed by atoms with van der Waals surface area (Å²) in [6.07, 6.45) is 0.247. The number of hydrogen-bond donors (Lipinski definition) is 2. The molecule has 1 aliphatic rings. The molecule has 1 aromatic carbocycles. The highest BCUT2D eigenvalue weighted by Crippen LogP contribution is 2.20. The van der Waals surface area contributed by atoms with E-state index >= 15 is 0 Å². The first-order valence-corrected chi connectivity index (χ1v) is 9.64. The van der Waals surface area contributed by atoms with Gasteiger partial charge in [0.2, 0.25) is 0 Å². The van der Waals surface area contributed by atoms with Crippen molar-refractivity contribution in [1.29, 1.82) is 0 Å². The van der Waals surface area contributed by atoms with E-state index in [2.05, 4.69) is 37.3 Å². The third kappa shape index (κ3) is 6.49. The molecule has 2 heterocycles. The van der Waals surface area contributed by atoms with Crippen molar-refractivity contribution in [1.82, 2.24) is 25.1 Å². The van der Waals surface area contributed by atoms with Gasteiger partial charge in [0, 0.05) is 51.7 Å². The number of rotatable bonds is 6. The summed E-state index contributed by atoms with van der Waals surface area (Å²) in [5.41, 5.74) is 2.28. The van der Waals surface area contributed by atoms with Crippen molar-refractivity contribution in [2.45, 2.75) is 38.7 Å². The van der Waals surface area contributed by atoms with Crippen molar-refractivity contribution in [2.75, 3.05) is 26.7 Å². The number of hydrogen-bond acceptors (Lipinski definition) is 3. The van der Waals surface area contributed by atoms with E-state index in [-0.39, 0.29) is 6.04 Å². The number of halogens is 3. The van der Waals surface area contributed by atoms with Crippen LogP contribution < -0.4 is 10.6 Å². The SMILES string of the molecule is CN=C(NCc1cccc(Cn2ccnc2C)c1)NC1CCN(CC(F)(F)F)C1. The number of likely N-dealkylation sites (tertiary alicyclic amines) is 1. The van der Waals surface area contributed by atoms with Crippen LogP contribution in [0.2, 0.25) is 0 Å². The van der Waals surface area contributed by atoms with Crippen molar-refractivity contribution in [2.24, 2.45) is 4.99 Å². The quantitative estimate of drug-likeness (QED) is 0.570. The van der Waals surface area contributed by atoms with Gasteiger partial charge in [-0.15, -0.1) is 0 Å². The summed E-state index contributed by atoms with van der Waals surface area (Å²) in [5, 5.41) is 6.48. The van der Waals surface area contributed by atoms with Gasteiger partial charge in [0.15, 0.2) is 5.96 Å². The Hall–Kier alpha value is -2.55. The maximum absolute atomic E-state index is 12.5. The summed E-state index contributed by atoms with van der Waals surface area (Å²) in [7, 11) is 1.66. The molecular formula is C20H27F3N6. The Bertz CT molecular complexity index is 830. The molecule has 29 heavy (non-hydrogen) atoms. The molecule has 1 aliphatic heterocycles. The summed E-state index contributed by atoms with van der Waals surface area (Å²) in [4.78, 5) is 9.87. The third-order valence-corrected chi connectivity index (χ3v) is 4.97. The lowest BCUT2D eigenvalue weighted by Gasteiger charge is -2.20. The molecule has 1 aromatic heterocycles. The molecule has 2 N–H and O–H groups in total. The van der Waals surface area contributed by atoms with Crippen LogP contribution in [0.3, 0.4) is 0 Å². The van der Waals surface area contributed by atoms with Crippen LogP contribution in [-0.4, -0.2) is 59.3 Å². The highest BCUT2D eigenvalue weighted by Gasteiger charge is 2.34. The average molecular weight is 408 g/mol. The van der Waals surface area contributed by atoms with E-state index in [1.165, 1.54) is 10.5 Å². The molecule has 0 bridgehead atoms. The molecule has 0 radical (unpaired) electrons. The predicted octanol–water partition coefficient (Wildman–Crippen LogP) is 2.54.